The van der Waals surface area contributed by atoms with E-state index < -0.39 is 5.97 Å². The number of carboxylic acids is 1. The second kappa shape index (κ2) is 7.50. The lowest BCUT2D eigenvalue weighted by atomic mass is 10.2. The van der Waals surface area contributed by atoms with Crippen LogP contribution in [0.15, 0.2) is 47.4 Å². The van der Waals surface area contributed by atoms with Gasteiger partial charge in [-0.2, -0.15) is 4.52 Å². The van der Waals surface area contributed by atoms with Crippen LogP contribution >= 0.6 is 0 Å². The van der Waals surface area contributed by atoms with Crippen molar-refractivity contribution >= 4 is 17.6 Å². The summed E-state index contributed by atoms with van der Waals surface area (Å²) in [5.74, 6) is 0.781. The normalized spacial score (nSPS) is 10.8. The van der Waals surface area contributed by atoms with Crippen molar-refractivity contribution in [3.8, 4) is 22.9 Å². The van der Waals surface area contributed by atoms with E-state index in [2.05, 4.69) is 20.4 Å². The van der Waals surface area contributed by atoms with Crippen molar-refractivity contribution in [1.29, 1.82) is 0 Å². The molecule has 0 bridgehead atoms. The molecule has 4 aromatic rings. The van der Waals surface area contributed by atoms with Crippen LogP contribution in [0.25, 0.3) is 17.0 Å². The molecule has 3 heterocycles. The molecule has 0 atom stereocenters. The largest absolute Gasteiger partial charge is 0.493 e. The SMILES string of the molecule is COc1ccc(CNc2ncc(C(=O)O)c3nc(-c4ccoc4)nn23)cc1OC. The fraction of sp³-hybridized carbons (Fsp3) is 0.158. The van der Waals surface area contributed by atoms with Crippen LogP contribution < -0.4 is 14.8 Å². The van der Waals surface area contributed by atoms with Crippen LogP contribution in [0.4, 0.5) is 5.95 Å². The number of ether oxygens (including phenoxy) is 2. The number of furan rings is 1. The summed E-state index contributed by atoms with van der Waals surface area (Å²) in [7, 11) is 3.14. The third-order valence-corrected chi connectivity index (χ3v) is 4.27. The van der Waals surface area contributed by atoms with Crippen molar-refractivity contribution in [1.82, 2.24) is 19.6 Å². The first-order valence-corrected chi connectivity index (χ1v) is 8.57. The highest BCUT2D eigenvalue weighted by molar-refractivity contribution is 5.94. The van der Waals surface area contributed by atoms with Crippen molar-refractivity contribution in [2.45, 2.75) is 6.54 Å². The van der Waals surface area contributed by atoms with Crippen LogP contribution in [0.1, 0.15) is 15.9 Å². The third-order valence-electron chi connectivity index (χ3n) is 4.27. The van der Waals surface area contributed by atoms with Gasteiger partial charge in [0.05, 0.1) is 26.0 Å². The van der Waals surface area contributed by atoms with Gasteiger partial charge in [-0.25, -0.2) is 14.8 Å². The maximum Gasteiger partial charge on any atom is 0.341 e. The maximum absolute atomic E-state index is 11.5. The summed E-state index contributed by atoms with van der Waals surface area (Å²) >= 11 is 0. The van der Waals surface area contributed by atoms with Gasteiger partial charge in [0, 0.05) is 12.7 Å². The molecule has 0 amide bonds. The molecule has 3 aromatic heterocycles. The molecule has 0 aliphatic carbocycles. The molecule has 148 valence electrons. The number of fused-ring (bicyclic) bond motifs is 1. The Hall–Kier alpha value is -4.08. The van der Waals surface area contributed by atoms with Crippen molar-refractivity contribution in [3.05, 3.63) is 54.1 Å². The Kier molecular flexibility index (Phi) is 4.73. The van der Waals surface area contributed by atoms with E-state index in [4.69, 9.17) is 13.9 Å². The van der Waals surface area contributed by atoms with Crippen LogP contribution in [0.5, 0.6) is 11.5 Å². The number of aromatic nitrogens is 4. The Labute approximate surface area is 164 Å². The first-order valence-electron chi connectivity index (χ1n) is 8.57. The van der Waals surface area contributed by atoms with Gasteiger partial charge >= 0.3 is 5.97 Å². The summed E-state index contributed by atoms with van der Waals surface area (Å²) in [6.45, 7) is 0.399. The van der Waals surface area contributed by atoms with Crippen LogP contribution in [0.2, 0.25) is 0 Å². The van der Waals surface area contributed by atoms with E-state index in [1.165, 1.54) is 23.2 Å². The molecule has 0 saturated carbocycles. The van der Waals surface area contributed by atoms with E-state index in [0.29, 0.717) is 35.4 Å². The van der Waals surface area contributed by atoms with E-state index >= 15 is 0 Å². The number of rotatable bonds is 7. The Balaban J connectivity index is 1.69. The Morgan fingerprint density at radius 3 is 2.76 bits per heavy atom. The quantitative estimate of drug-likeness (QED) is 0.486. The highest BCUT2D eigenvalue weighted by Crippen LogP contribution is 2.28. The minimum absolute atomic E-state index is 0.0519. The standard InChI is InChI=1S/C19H17N5O5/c1-27-14-4-3-11(7-15(14)28-2)8-20-19-21-9-13(18(25)26)17-22-16(23-24(17)19)12-5-6-29-10-12/h3-7,9-10H,8H2,1-2H3,(H,20,21)(H,25,26). The van der Waals surface area contributed by atoms with Crippen LogP contribution in [0, 0.1) is 0 Å². The highest BCUT2D eigenvalue weighted by Gasteiger charge is 2.18. The zero-order valence-corrected chi connectivity index (χ0v) is 15.6. The number of benzene rings is 1. The predicted molar refractivity (Wildman–Crippen MR) is 102 cm³/mol. The number of anilines is 1. The van der Waals surface area contributed by atoms with Gasteiger partial charge < -0.3 is 24.3 Å². The zero-order valence-electron chi connectivity index (χ0n) is 15.6. The average molecular weight is 395 g/mol. The van der Waals surface area contributed by atoms with Gasteiger partial charge in [-0.3, -0.25) is 0 Å². The number of aromatic carboxylic acids is 1. The molecule has 1 aromatic carbocycles. The monoisotopic (exact) mass is 395 g/mol. The highest BCUT2D eigenvalue weighted by atomic mass is 16.5. The summed E-state index contributed by atoms with van der Waals surface area (Å²) in [5.41, 5.74) is 1.67. The van der Waals surface area contributed by atoms with Crippen LogP contribution in [0.3, 0.4) is 0 Å². The van der Waals surface area contributed by atoms with Gasteiger partial charge in [0.1, 0.15) is 11.8 Å². The van der Waals surface area contributed by atoms with Crippen molar-refractivity contribution in [2.75, 3.05) is 19.5 Å². The summed E-state index contributed by atoms with van der Waals surface area (Å²) < 4.78 is 17.0. The smallest absolute Gasteiger partial charge is 0.341 e. The van der Waals surface area contributed by atoms with E-state index in [9.17, 15) is 9.90 Å². The first kappa shape index (κ1) is 18.3. The minimum Gasteiger partial charge on any atom is -0.493 e. The number of carboxylic acid groups (broad SMARTS) is 1. The lowest BCUT2D eigenvalue weighted by Gasteiger charge is -2.11. The Morgan fingerprint density at radius 1 is 1.24 bits per heavy atom. The van der Waals surface area contributed by atoms with Crippen molar-refractivity contribution in [3.63, 3.8) is 0 Å². The molecule has 29 heavy (non-hydrogen) atoms. The van der Waals surface area contributed by atoms with Crippen LogP contribution in [-0.2, 0) is 6.54 Å². The Morgan fingerprint density at radius 2 is 2.07 bits per heavy atom. The number of nitrogens with one attached hydrogen (secondary N) is 1. The number of hydrogen-bond acceptors (Lipinski definition) is 8. The molecule has 0 unspecified atom stereocenters. The first-order chi connectivity index (χ1) is 14.1. The third kappa shape index (κ3) is 3.43. The van der Waals surface area contributed by atoms with Gasteiger partial charge in [-0.15, -0.1) is 5.10 Å². The average Bonchev–Trinajstić information content (AvgIpc) is 3.41. The fourth-order valence-electron chi connectivity index (χ4n) is 2.83. The van der Waals surface area contributed by atoms with E-state index in [1.54, 1.807) is 26.4 Å². The molecule has 0 aliphatic rings. The topological polar surface area (TPSA) is 124 Å². The lowest BCUT2D eigenvalue weighted by Crippen LogP contribution is -2.11. The molecule has 2 N–H and O–H groups in total. The number of carbonyl (C=O) groups is 1. The predicted octanol–water partition coefficient (Wildman–Crippen LogP) is 2.71. The van der Waals surface area contributed by atoms with E-state index in [0.717, 1.165) is 5.56 Å². The molecular weight excluding hydrogens is 378 g/mol. The fourth-order valence-corrected chi connectivity index (χ4v) is 2.83. The summed E-state index contributed by atoms with van der Waals surface area (Å²) in [4.78, 5) is 20.1. The lowest BCUT2D eigenvalue weighted by molar-refractivity contribution is 0.0698. The van der Waals surface area contributed by atoms with Gasteiger partial charge in [-0.05, 0) is 23.8 Å². The van der Waals surface area contributed by atoms with Gasteiger partial charge in [-0.1, -0.05) is 6.07 Å². The molecule has 10 nitrogen and oxygen atoms in total. The molecule has 0 saturated heterocycles. The maximum atomic E-state index is 11.5. The molecule has 0 radical (unpaired) electrons. The summed E-state index contributed by atoms with van der Waals surface area (Å²) in [5, 5.41) is 17.0. The second-order valence-corrected chi connectivity index (χ2v) is 6.03. The van der Waals surface area contributed by atoms with E-state index in [-0.39, 0.29) is 11.2 Å². The molecular formula is C19H17N5O5. The molecule has 0 fully saturated rings. The van der Waals surface area contributed by atoms with Crippen molar-refractivity contribution < 1.29 is 23.8 Å². The molecule has 0 aliphatic heterocycles. The molecule has 4 rings (SSSR count). The zero-order chi connectivity index (χ0) is 20.4. The van der Waals surface area contributed by atoms with Crippen molar-refractivity contribution in [2.24, 2.45) is 0 Å². The van der Waals surface area contributed by atoms with Crippen LogP contribution in [-0.4, -0.2) is 44.9 Å². The molecule has 0 spiro atoms. The summed E-state index contributed by atoms with van der Waals surface area (Å²) in [6, 6.07) is 7.22. The van der Waals surface area contributed by atoms with Gasteiger partial charge in [0.2, 0.25) is 5.95 Å². The number of nitrogens with zero attached hydrogens (tertiary/aromatic N) is 4. The minimum atomic E-state index is -1.14. The molecule has 10 heteroatoms. The Bertz CT molecular complexity index is 1170. The van der Waals surface area contributed by atoms with Gasteiger partial charge in [0.15, 0.2) is 23.0 Å². The number of hydrogen-bond donors (Lipinski definition) is 2. The summed E-state index contributed by atoms with van der Waals surface area (Å²) in [6.07, 6.45) is 4.23. The second-order valence-electron chi connectivity index (χ2n) is 6.03. The number of methoxy groups -OCH3 is 2. The van der Waals surface area contributed by atoms with Gasteiger partial charge in [0.25, 0.3) is 0 Å². The van der Waals surface area contributed by atoms with E-state index in [1.807, 2.05) is 12.1 Å².